The highest BCUT2D eigenvalue weighted by Gasteiger charge is 2.09. The van der Waals surface area contributed by atoms with Gasteiger partial charge in [-0.25, -0.2) is 4.39 Å². The van der Waals surface area contributed by atoms with Crippen LogP contribution < -0.4 is 10.5 Å². The van der Waals surface area contributed by atoms with Crippen LogP contribution >= 0.6 is 0 Å². The lowest BCUT2D eigenvalue weighted by atomic mass is 10.1. The van der Waals surface area contributed by atoms with Gasteiger partial charge in [-0.05, 0) is 24.3 Å². The van der Waals surface area contributed by atoms with Gasteiger partial charge in [0, 0.05) is 19.2 Å². The van der Waals surface area contributed by atoms with Crippen molar-refractivity contribution in [2.75, 3.05) is 7.11 Å². The summed E-state index contributed by atoms with van der Waals surface area (Å²) in [6, 6.07) is 6.66. The number of aryl methyl sites for hydroxylation is 1. The summed E-state index contributed by atoms with van der Waals surface area (Å²) in [4.78, 5) is 0. The van der Waals surface area contributed by atoms with Gasteiger partial charge in [-0.1, -0.05) is 0 Å². The number of nitrogens with zero attached hydrogens (tertiary/aromatic N) is 2. The van der Waals surface area contributed by atoms with Crippen molar-refractivity contribution in [3.8, 4) is 17.0 Å². The lowest BCUT2D eigenvalue weighted by molar-refractivity contribution is 0.386. The molecule has 0 spiro atoms. The highest BCUT2D eigenvalue weighted by Crippen LogP contribution is 2.25. The standard InChI is InChI=1S/C12H14FN3O/c1-16-11(6-9(7-14)15-16)8-3-4-12(17-2)10(13)5-8/h3-6H,7,14H2,1-2H3. The smallest absolute Gasteiger partial charge is 0.165 e. The second-order valence-electron chi connectivity index (χ2n) is 3.70. The second kappa shape index (κ2) is 4.55. The zero-order valence-electron chi connectivity index (χ0n) is 9.77. The molecule has 1 aromatic heterocycles. The minimum absolute atomic E-state index is 0.231. The minimum Gasteiger partial charge on any atom is -0.494 e. The van der Waals surface area contributed by atoms with E-state index in [9.17, 15) is 4.39 Å². The molecule has 2 rings (SSSR count). The van der Waals surface area contributed by atoms with Crippen molar-refractivity contribution in [3.05, 3.63) is 35.8 Å². The molecule has 0 aliphatic rings. The van der Waals surface area contributed by atoms with Crippen LogP contribution in [0.4, 0.5) is 4.39 Å². The number of hydrogen-bond donors (Lipinski definition) is 1. The van der Waals surface area contributed by atoms with Gasteiger partial charge in [0.25, 0.3) is 0 Å². The Morgan fingerprint density at radius 3 is 2.71 bits per heavy atom. The summed E-state index contributed by atoms with van der Waals surface area (Å²) >= 11 is 0. The highest BCUT2D eigenvalue weighted by atomic mass is 19.1. The molecular formula is C12H14FN3O. The molecular weight excluding hydrogens is 221 g/mol. The van der Waals surface area contributed by atoms with E-state index < -0.39 is 0 Å². The number of aromatic nitrogens is 2. The molecule has 0 fully saturated rings. The van der Waals surface area contributed by atoms with Crippen molar-refractivity contribution < 1.29 is 9.13 Å². The molecule has 1 heterocycles. The first-order valence-corrected chi connectivity index (χ1v) is 5.22. The third-order valence-electron chi connectivity index (χ3n) is 2.59. The van der Waals surface area contributed by atoms with Crippen LogP contribution in [0.3, 0.4) is 0 Å². The lowest BCUT2D eigenvalue weighted by Gasteiger charge is -2.05. The predicted octanol–water partition coefficient (Wildman–Crippen LogP) is 1.69. The van der Waals surface area contributed by atoms with E-state index in [4.69, 9.17) is 10.5 Å². The van der Waals surface area contributed by atoms with Crippen LogP contribution in [0.25, 0.3) is 11.3 Å². The normalized spacial score (nSPS) is 10.6. The molecule has 0 bridgehead atoms. The molecule has 0 aliphatic carbocycles. The van der Waals surface area contributed by atoms with E-state index in [2.05, 4.69) is 5.10 Å². The maximum atomic E-state index is 13.6. The molecule has 5 heteroatoms. The van der Waals surface area contributed by atoms with Crippen molar-refractivity contribution in [2.45, 2.75) is 6.54 Å². The van der Waals surface area contributed by atoms with Gasteiger partial charge in [-0.2, -0.15) is 5.10 Å². The number of methoxy groups -OCH3 is 1. The lowest BCUT2D eigenvalue weighted by Crippen LogP contribution is -1.99. The van der Waals surface area contributed by atoms with Gasteiger partial charge >= 0.3 is 0 Å². The molecule has 2 N–H and O–H groups in total. The molecule has 17 heavy (non-hydrogen) atoms. The first kappa shape index (κ1) is 11.6. The summed E-state index contributed by atoms with van der Waals surface area (Å²) in [6.07, 6.45) is 0. The SMILES string of the molecule is COc1ccc(-c2cc(CN)nn2C)cc1F. The maximum Gasteiger partial charge on any atom is 0.165 e. The predicted molar refractivity (Wildman–Crippen MR) is 63.0 cm³/mol. The van der Waals surface area contributed by atoms with Gasteiger partial charge < -0.3 is 10.5 Å². The third kappa shape index (κ3) is 2.14. The van der Waals surface area contributed by atoms with E-state index in [1.807, 2.05) is 6.07 Å². The van der Waals surface area contributed by atoms with Crippen LogP contribution in [-0.2, 0) is 13.6 Å². The zero-order chi connectivity index (χ0) is 12.4. The molecule has 0 aliphatic heterocycles. The summed E-state index contributed by atoms with van der Waals surface area (Å²) in [5.74, 6) is -0.157. The van der Waals surface area contributed by atoms with Gasteiger partial charge in [-0.15, -0.1) is 0 Å². The number of hydrogen-bond acceptors (Lipinski definition) is 3. The van der Waals surface area contributed by atoms with Crippen molar-refractivity contribution in [1.82, 2.24) is 9.78 Å². The van der Waals surface area contributed by atoms with Crippen LogP contribution in [-0.4, -0.2) is 16.9 Å². The molecule has 90 valence electrons. The van der Waals surface area contributed by atoms with E-state index in [0.717, 1.165) is 17.0 Å². The number of rotatable bonds is 3. The fourth-order valence-electron chi connectivity index (χ4n) is 1.72. The first-order chi connectivity index (χ1) is 8.15. The highest BCUT2D eigenvalue weighted by molar-refractivity contribution is 5.61. The van der Waals surface area contributed by atoms with E-state index in [1.54, 1.807) is 23.9 Å². The van der Waals surface area contributed by atoms with E-state index in [-0.39, 0.29) is 11.6 Å². The van der Waals surface area contributed by atoms with Gasteiger partial charge in [0.1, 0.15) is 0 Å². The summed E-state index contributed by atoms with van der Waals surface area (Å²) in [5.41, 5.74) is 7.87. The Morgan fingerprint density at radius 1 is 1.41 bits per heavy atom. The summed E-state index contributed by atoms with van der Waals surface area (Å²) < 4.78 is 20.1. The average Bonchev–Trinajstić information content (AvgIpc) is 2.70. The molecule has 0 atom stereocenters. The maximum absolute atomic E-state index is 13.6. The van der Waals surface area contributed by atoms with E-state index >= 15 is 0 Å². The molecule has 1 aromatic carbocycles. The number of benzene rings is 1. The van der Waals surface area contributed by atoms with E-state index in [1.165, 1.54) is 13.2 Å². The second-order valence-corrected chi connectivity index (χ2v) is 3.70. The summed E-state index contributed by atoms with van der Waals surface area (Å²) in [7, 11) is 3.24. The Bertz CT molecular complexity index is 537. The first-order valence-electron chi connectivity index (χ1n) is 5.22. The quantitative estimate of drug-likeness (QED) is 0.880. The molecule has 2 aromatic rings. The van der Waals surface area contributed by atoms with Crippen LogP contribution in [0.2, 0.25) is 0 Å². The third-order valence-corrected chi connectivity index (χ3v) is 2.59. The van der Waals surface area contributed by atoms with Gasteiger partial charge in [0.15, 0.2) is 11.6 Å². The molecule has 0 radical (unpaired) electrons. The average molecular weight is 235 g/mol. The number of ether oxygens (including phenoxy) is 1. The Balaban J connectivity index is 2.45. The number of nitrogens with two attached hydrogens (primary N) is 1. The van der Waals surface area contributed by atoms with Crippen molar-refractivity contribution in [3.63, 3.8) is 0 Å². The van der Waals surface area contributed by atoms with Crippen LogP contribution in [0, 0.1) is 5.82 Å². The fourth-order valence-corrected chi connectivity index (χ4v) is 1.72. The van der Waals surface area contributed by atoms with Crippen molar-refractivity contribution in [2.24, 2.45) is 12.8 Å². The Labute approximate surface area is 98.8 Å². The minimum atomic E-state index is -0.388. The van der Waals surface area contributed by atoms with Gasteiger partial charge in [-0.3, -0.25) is 4.68 Å². The Hall–Kier alpha value is -1.88. The van der Waals surface area contributed by atoms with Crippen LogP contribution in [0.1, 0.15) is 5.69 Å². The molecule has 4 nitrogen and oxygen atoms in total. The largest absolute Gasteiger partial charge is 0.494 e. The zero-order valence-corrected chi connectivity index (χ0v) is 9.77. The summed E-state index contributed by atoms with van der Waals surface area (Å²) in [5, 5.41) is 4.22. The van der Waals surface area contributed by atoms with Crippen molar-refractivity contribution >= 4 is 0 Å². The topological polar surface area (TPSA) is 53.1 Å². The molecule has 0 unspecified atom stereocenters. The fraction of sp³-hybridized carbons (Fsp3) is 0.250. The molecule has 0 saturated carbocycles. The van der Waals surface area contributed by atoms with Crippen LogP contribution in [0.15, 0.2) is 24.3 Å². The van der Waals surface area contributed by atoms with Gasteiger partial charge in [0.2, 0.25) is 0 Å². The summed E-state index contributed by atoms with van der Waals surface area (Å²) in [6.45, 7) is 0.368. The molecule has 0 amide bonds. The van der Waals surface area contributed by atoms with E-state index in [0.29, 0.717) is 6.54 Å². The van der Waals surface area contributed by atoms with Gasteiger partial charge in [0.05, 0.1) is 18.5 Å². The molecule has 0 saturated heterocycles. The Morgan fingerprint density at radius 2 is 2.18 bits per heavy atom. The van der Waals surface area contributed by atoms with Crippen molar-refractivity contribution in [1.29, 1.82) is 0 Å². The van der Waals surface area contributed by atoms with Crippen LogP contribution in [0.5, 0.6) is 5.75 Å². The monoisotopic (exact) mass is 235 g/mol. The number of halogens is 1. The Kier molecular flexibility index (Phi) is 3.10.